The first kappa shape index (κ1) is 19.7. The Labute approximate surface area is 174 Å². The normalized spacial score (nSPS) is 19.6. The quantitative estimate of drug-likeness (QED) is 0.465. The molecule has 4 rings (SSSR count). The van der Waals surface area contributed by atoms with Crippen molar-refractivity contribution in [2.24, 2.45) is 5.73 Å². The van der Waals surface area contributed by atoms with E-state index >= 15 is 0 Å². The fourth-order valence-electron chi connectivity index (χ4n) is 3.59. The molecule has 10 heteroatoms. The molecule has 2 aromatic heterocycles. The Morgan fingerprint density at radius 3 is 2.72 bits per heavy atom. The van der Waals surface area contributed by atoms with Crippen LogP contribution in [0.25, 0.3) is 11.2 Å². The number of halogens is 1. The molecule has 9 nitrogen and oxygen atoms in total. The van der Waals surface area contributed by atoms with E-state index in [0.717, 1.165) is 31.4 Å². The third-order valence-electron chi connectivity index (χ3n) is 5.21. The number of aromatic nitrogens is 5. The molecular formula is C19H26ClN9. The van der Waals surface area contributed by atoms with Gasteiger partial charge in [-0.2, -0.15) is 9.97 Å². The van der Waals surface area contributed by atoms with E-state index in [2.05, 4.69) is 25.9 Å². The molecular weight excluding hydrogens is 390 g/mol. The van der Waals surface area contributed by atoms with E-state index in [1.165, 1.54) is 0 Å². The van der Waals surface area contributed by atoms with Crippen molar-refractivity contribution in [2.75, 3.05) is 16.4 Å². The summed E-state index contributed by atoms with van der Waals surface area (Å²) in [5.74, 6) is 1.06. The number of anilines is 4. The average Bonchev–Trinajstić information content (AvgIpc) is 3.11. The largest absolute Gasteiger partial charge is 0.397 e. The zero-order valence-corrected chi connectivity index (χ0v) is 17.3. The minimum absolute atomic E-state index is 0.0867. The molecule has 2 atom stereocenters. The molecule has 2 heterocycles. The molecule has 1 fully saturated rings. The summed E-state index contributed by atoms with van der Waals surface area (Å²) in [6, 6.07) is 5.67. The minimum atomic E-state index is 0.0867. The van der Waals surface area contributed by atoms with Crippen molar-refractivity contribution in [1.82, 2.24) is 25.0 Å². The molecule has 2 unspecified atom stereocenters. The summed E-state index contributed by atoms with van der Waals surface area (Å²) in [6.45, 7) is 4.07. The van der Waals surface area contributed by atoms with E-state index in [9.17, 15) is 0 Å². The molecule has 1 aromatic carbocycles. The zero-order chi connectivity index (χ0) is 20.5. The van der Waals surface area contributed by atoms with E-state index in [1.54, 1.807) is 16.8 Å². The number of nitrogens with one attached hydrogen (secondary N) is 2. The maximum absolute atomic E-state index is 6.30. The van der Waals surface area contributed by atoms with E-state index in [0.29, 0.717) is 33.6 Å². The SMILES string of the molecule is CC(C)n1nnc2c(Nc3ccc(Cl)c(N)c3)nc(NC3CCCCC3N)nc21. The molecule has 0 radical (unpaired) electrons. The van der Waals surface area contributed by atoms with Crippen LogP contribution in [0.5, 0.6) is 0 Å². The highest BCUT2D eigenvalue weighted by atomic mass is 35.5. The van der Waals surface area contributed by atoms with Crippen LogP contribution in [0, 0.1) is 0 Å². The van der Waals surface area contributed by atoms with Crippen LogP contribution < -0.4 is 22.1 Å². The maximum atomic E-state index is 6.30. The first-order chi connectivity index (χ1) is 13.9. The standard InChI is InChI=1S/C19H26ClN9/c1-10(2)29-18-16(27-28-29)17(23-11-7-8-12(20)14(22)9-11)25-19(26-18)24-15-6-4-3-5-13(15)21/h7-10,13,15H,3-6,21-22H2,1-2H3,(H2,23,24,25,26). The predicted octanol–water partition coefficient (Wildman–Crippen LogP) is 3.46. The average molecular weight is 416 g/mol. The molecule has 0 amide bonds. The topological polar surface area (TPSA) is 133 Å². The molecule has 0 bridgehead atoms. The van der Waals surface area contributed by atoms with Crippen molar-refractivity contribution in [3.05, 3.63) is 23.2 Å². The van der Waals surface area contributed by atoms with Crippen LogP contribution in [0.2, 0.25) is 5.02 Å². The van der Waals surface area contributed by atoms with Crippen molar-refractivity contribution >= 4 is 45.9 Å². The third-order valence-corrected chi connectivity index (χ3v) is 5.55. The van der Waals surface area contributed by atoms with Crippen molar-refractivity contribution in [3.63, 3.8) is 0 Å². The Morgan fingerprint density at radius 2 is 2.00 bits per heavy atom. The molecule has 1 aliphatic carbocycles. The summed E-state index contributed by atoms with van der Waals surface area (Å²) in [5.41, 5.74) is 14.7. The van der Waals surface area contributed by atoms with Crippen LogP contribution in [0.1, 0.15) is 45.6 Å². The van der Waals surface area contributed by atoms with Crippen molar-refractivity contribution < 1.29 is 0 Å². The van der Waals surface area contributed by atoms with Crippen LogP contribution in [-0.2, 0) is 0 Å². The minimum Gasteiger partial charge on any atom is -0.397 e. The van der Waals surface area contributed by atoms with Crippen LogP contribution in [-0.4, -0.2) is 37.0 Å². The molecule has 1 saturated carbocycles. The fourth-order valence-corrected chi connectivity index (χ4v) is 3.71. The second-order valence-electron chi connectivity index (χ2n) is 7.76. The van der Waals surface area contributed by atoms with Gasteiger partial charge in [0.25, 0.3) is 0 Å². The lowest BCUT2D eigenvalue weighted by atomic mass is 9.91. The van der Waals surface area contributed by atoms with Crippen LogP contribution in [0.15, 0.2) is 18.2 Å². The van der Waals surface area contributed by atoms with E-state index in [-0.39, 0.29) is 18.1 Å². The van der Waals surface area contributed by atoms with Gasteiger partial charge in [-0.25, -0.2) is 4.68 Å². The Hall–Kier alpha value is -2.65. The summed E-state index contributed by atoms with van der Waals surface area (Å²) in [4.78, 5) is 9.36. The summed E-state index contributed by atoms with van der Waals surface area (Å²) in [6.07, 6.45) is 4.31. The number of rotatable bonds is 5. The zero-order valence-electron chi connectivity index (χ0n) is 16.6. The number of fused-ring (bicyclic) bond motifs is 1. The van der Waals surface area contributed by atoms with E-state index in [1.807, 2.05) is 19.9 Å². The van der Waals surface area contributed by atoms with Crippen molar-refractivity contribution in [3.8, 4) is 0 Å². The summed E-state index contributed by atoms with van der Waals surface area (Å²) in [7, 11) is 0. The van der Waals surface area contributed by atoms with Gasteiger partial charge in [-0.15, -0.1) is 5.10 Å². The Morgan fingerprint density at radius 1 is 1.21 bits per heavy atom. The molecule has 0 saturated heterocycles. The highest BCUT2D eigenvalue weighted by Gasteiger charge is 2.24. The second kappa shape index (κ2) is 8.00. The number of hydrogen-bond acceptors (Lipinski definition) is 8. The van der Waals surface area contributed by atoms with Gasteiger partial charge in [0.1, 0.15) is 0 Å². The van der Waals surface area contributed by atoms with Crippen LogP contribution >= 0.6 is 11.6 Å². The van der Waals surface area contributed by atoms with Gasteiger partial charge in [-0.05, 0) is 44.9 Å². The highest BCUT2D eigenvalue weighted by Crippen LogP contribution is 2.29. The third kappa shape index (κ3) is 4.06. The Balaban J connectivity index is 1.73. The highest BCUT2D eigenvalue weighted by molar-refractivity contribution is 6.33. The summed E-state index contributed by atoms with van der Waals surface area (Å²) < 4.78 is 1.78. The summed E-state index contributed by atoms with van der Waals surface area (Å²) in [5, 5.41) is 15.8. The lowest BCUT2D eigenvalue weighted by Gasteiger charge is -2.29. The Kier molecular flexibility index (Phi) is 5.42. The van der Waals surface area contributed by atoms with Gasteiger partial charge in [0.15, 0.2) is 17.0 Å². The maximum Gasteiger partial charge on any atom is 0.227 e. The number of benzene rings is 1. The van der Waals surface area contributed by atoms with Crippen molar-refractivity contribution in [2.45, 2.75) is 57.7 Å². The lowest BCUT2D eigenvalue weighted by Crippen LogP contribution is -2.43. The van der Waals surface area contributed by atoms with Crippen molar-refractivity contribution in [1.29, 1.82) is 0 Å². The van der Waals surface area contributed by atoms with Gasteiger partial charge in [0, 0.05) is 17.8 Å². The van der Waals surface area contributed by atoms with Gasteiger partial charge >= 0.3 is 0 Å². The van der Waals surface area contributed by atoms with Gasteiger partial charge in [-0.3, -0.25) is 0 Å². The smallest absolute Gasteiger partial charge is 0.227 e. The van der Waals surface area contributed by atoms with E-state index in [4.69, 9.17) is 28.1 Å². The van der Waals surface area contributed by atoms with E-state index < -0.39 is 0 Å². The van der Waals surface area contributed by atoms with Gasteiger partial charge in [0.05, 0.1) is 16.8 Å². The lowest BCUT2D eigenvalue weighted by molar-refractivity contribution is 0.402. The molecule has 3 aromatic rings. The number of nitrogens with two attached hydrogens (primary N) is 2. The van der Waals surface area contributed by atoms with Gasteiger partial charge in [-0.1, -0.05) is 29.7 Å². The first-order valence-electron chi connectivity index (χ1n) is 9.89. The first-order valence-corrected chi connectivity index (χ1v) is 10.3. The van der Waals surface area contributed by atoms with Gasteiger partial charge < -0.3 is 22.1 Å². The fraction of sp³-hybridized carbons (Fsp3) is 0.474. The molecule has 1 aliphatic rings. The summed E-state index contributed by atoms with van der Waals surface area (Å²) >= 11 is 6.04. The molecule has 0 spiro atoms. The molecule has 154 valence electrons. The Bertz CT molecular complexity index is 1020. The second-order valence-corrected chi connectivity index (χ2v) is 8.16. The molecule has 0 aliphatic heterocycles. The number of hydrogen-bond donors (Lipinski definition) is 4. The number of nitrogen functional groups attached to an aromatic ring is 1. The van der Waals surface area contributed by atoms with Crippen LogP contribution in [0.4, 0.5) is 23.1 Å². The monoisotopic (exact) mass is 415 g/mol. The number of nitrogens with zero attached hydrogens (tertiary/aromatic N) is 5. The predicted molar refractivity (Wildman–Crippen MR) is 117 cm³/mol. The van der Waals surface area contributed by atoms with Gasteiger partial charge in [0.2, 0.25) is 5.95 Å². The molecule has 29 heavy (non-hydrogen) atoms. The van der Waals surface area contributed by atoms with Crippen LogP contribution in [0.3, 0.4) is 0 Å². The molecule has 6 N–H and O–H groups in total.